The zero-order chi connectivity index (χ0) is 48.0. The topological polar surface area (TPSA) is 158 Å². The molecule has 0 fully saturated rings. The molecule has 12 nitrogen and oxygen atoms in total. The number of carbonyl (C=O) groups excluding carboxylic acids is 6. The average Bonchev–Trinajstić information content (AvgIpc) is 3.24. The van der Waals surface area contributed by atoms with Gasteiger partial charge in [0.25, 0.3) is 0 Å². The molecule has 0 spiro atoms. The minimum absolute atomic E-state index is 0.0397. The standard InChI is InChI=1S/2C26H24O6/c1-8-18-13-20(30-24(27)15(2)3)10-11-21(18)19-9-12-22(31-25(28)16(4)5)23(14-19)32-26(29)17(6)7;1-8-18-13-19(9-11-21(18)30-24(27)15(2)3)20-10-12-22(31-25(28)16(4)5)23(14-20)32-26(29)17(6)7/h2*8-14H,1-2,4,6H2,3,5,7H3. The fourth-order valence-electron chi connectivity index (χ4n) is 4.84. The van der Waals surface area contributed by atoms with E-state index in [2.05, 4.69) is 52.6 Å². The summed E-state index contributed by atoms with van der Waals surface area (Å²) in [5, 5.41) is 0. The monoisotopic (exact) mass is 864 g/mol. The molecule has 0 aromatic heterocycles. The van der Waals surface area contributed by atoms with Crippen LogP contribution in [0.25, 0.3) is 34.4 Å². The van der Waals surface area contributed by atoms with E-state index in [1.54, 1.807) is 86.7 Å². The van der Waals surface area contributed by atoms with E-state index in [4.69, 9.17) is 28.4 Å². The quantitative estimate of drug-likeness (QED) is 0.0597. The second kappa shape index (κ2) is 22.5. The lowest BCUT2D eigenvalue weighted by molar-refractivity contribution is -0.132. The first-order valence-corrected chi connectivity index (χ1v) is 19.1. The van der Waals surface area contributed by atoms with Crippen molar-refractivity contribution in [2.75, 3.05) is 0 Å². The first-order valence-electron chi connectivity index (χ1n) is 19.1. The Hall–Kier alpha value is -8.38. The maximum absolute atomic E-state index is 12.1. The molecule has 0 atom stereocenters. The van der Waals surface area contributed by atoms with E-state index in [-0.39, 0.29) is 56.4 Å². The highest BCUT2D eigenvalue weighted by molar-refractivity contribution is 5.94. The van der Waals surface area contributed by atoms with E-state index in [9.17, 15) is 28.8 Å². The molecule has 0 saturated heterocycles. The zero-order valence-electron chi connectivity index (χ0n) is 36.6. The molecular weight excluding hydrogens is 817 g/mol. The number of carbonyl (C=O) groups is 6. The number of rotatable bonds is 16. The van der Waals surface area contributed by atoms with Gasteiger partial charge in [0.2, 0.25) is 0 Å². The van der Waals surface area contributed by atoms with Crippen molar-refractivity contribution in [3.63, 3.8) is 0 Å². The molecule has 0 aliphatic rings. The molecule has 12 heteroatoms. The fourth-order valence-corrected chi connectivity index (χ4v) is 4.84. The second-order valence-corrected chi connectivity index (χ2v) is 14.3. The second-order valence-electron chi connectivity index (χ2n) is 14.3. The maximum Gasteiger partial charge on any atom is 0.338 e. The Bertz CT molecular complexity index is 2670. The van der Waals surface area contributed by atoms with Crippen LogP contribution in [0.5, 0.6) is 34.5 Å². The number of ether oxygens (including phenoxy) is 6. The third-order valence-corrected chi connectivity index (χ3v) is 8.32. The summed E-state index contributed by atoms with van der Waals surface area (Å²) in [5.41, 5.74) is 5.31. The molecule has 0 amide bonds. The molecule has 0 radical (unpaired) electrons. The zero-order valence-corrected chi connectivity index (χ0v) is 36.6. The van der Waals surface area contributed by atoms with Crippen LogP contribution in [-0.4, -0.2) is 35.8 Å². The summed E-state index contributed by atoms with van der Waals surface area (Å²) >= 11 is 0. The molecule has 328 valence electrons. The van der Waals surface area contributed by atoms with Gasteiger partial charge in [0.05, 0.1) is 0 Å². The van der Waals surface area contributed by atoms with Crippen molar-refractivity contribution < 1.29 is 57.2 Å². The third-order valence-electron chi connectivity index (χ3n) is 8.32. The highest BCUT2D eigenvalue weighted by Crippen LogP contribution is 2.38. The summed E-state index contributed by atoms with van der Waals surface area (Å²) in [6.07, 6.45) is 3.15. The Morgan fingerprint density at radius 2 is 0.688 bits per heavy atom. The smallest absolute Gasteiger partial charge is 0.338 e. The molecule has 0 N–H and O–H groups in total. The Morgan fingerprint density at radius 1 is 0.359 bits per heavy atom. The Labute approximate surface area is 372 Å². The van der Waals surface area contributed by atoms with E-state index < -0.39 is 35.8 Å². The SMILES string of the molecule is C=Cc1cc(-c2ccc(OC(=O)C(=C)C)c(OC(=O)C(=C)C)c2)ccc1OC(=O)C(=C)C.C=Cc1cc(OC(=O)C(=C)C)ccc1-c1ccc(OC(=O)C(=C)C)c(OC(=O)C(=C)C)c1. The van der Waals surface area contributed by atoms with E-state index >= 15 is 0 Å². The van der Waals surface area contributed by atoms with Gasteiger partial charge in [-0.2, -0.15) is 0 Å². The fraction of sp³-hybridized carbons (Fsp3) is 0.115. The maximum atomic E-state index is 12.1. The number of benzene rings is 4. The average molecular weight is 865 g/mol. The van der Waals surface area contributed by atoms with Crippen LogP contribution < -0.4 is 28.4 Å². The first-order chi connectivity index (χ1) is 30.1. The summed E-state index contributed by atoms with van der Waals surface area (Å²) in [7, 11) is 0. The van der Waals surface area contributed by atoms with Gasteiger partial charge >= 0.3 is 35.8 Å². The molecule has 0 bridgehead atoms. The molecule has 0 unspecified atom stereocenters. The van der Waals surface area contributed by atoms with Crippen LogP contribution in [0.1, 0.15) is 52.7 Å². The van der Waals surface area contributed by atoms with Crippen molar-refractivity contribution in [2.24, 2.45) is 0 Å². The Morgan fingerprint density at radius 3 is 1.09 bits per heavy atom. The van der Waals surface area contributed by atoms with E-state index in [1.165, 1.54) is 39.8 Å². The van der Waals surface area contributed by atoms with Gasteiger partial charge in [-0.1, -0.05) is 89.0 Å². The molecular formula is C52H48O12. The Kier molecular flexibility index (Phi) is 17.5. The van der Waals surface area contributed by atoms with Gasteiger partial charge in [-0.25, -0.2) is 28.8 Å². The van der Waals surface area contributed by atoms with E-state index in [1.807, 2.05) is 0 Å². The van der Waals surface area contributed by atoms with Crippen molar-refractivity contribution in [3.8, 4) is 56.8 Å². The highest BCUT2D eigenvalue weighted by atomic mass is 16.6. The van der Waals surface area contributed by atoms with Crippen molar-refractivity contribution >= 4 is 48.0 Å². The van der Waals surface area contributed by atoms with Crippen LogP contribution >= 0.6 is 0 Å². The molecule has 0 heterocycles. The summed E-state index contributed by atoms with van der Waals surface area (Å²) in [5.74, 6) is -2.84. The molecule has 0 aliphatic heterocycles. The molecule has 0 saturated carbocycles. The van der Waals surface area contributed by atoms with Gasteiger partial charge in [-0.3, -0.25) is 0 Å². The number of esters is 6. The molecule has 0 aliphatic carbocycles. The number of hydrogen-bond acceptors (Lipinski definition) is 12. The highest BCUT2D eigenvalue weighted by Gasteiger charge is 2.19. The van der Waals surface area contributed by atoms with Crippen LogP contribution in [0.3, 0.4) is 0 Å². The predicted octanol–water partition coefficient (Wildman–Crippen LogP) is 10.9. The van der Waals surface area contributed by atoms with E-state index in [0.29, 0.717) is 33.8 Å². The van der Waals surface area contributed by atoms with Crippen LogP contribution in [0, 0.1) is 0 Å². The molecule has 4 aromatic rings. The summed E-state index contributed by atoms with van der Waals surface area (Å²) in [6.45, 7) is 38.1. The lowest BCUT2D eigenvalue weighted by Gasteiger charge is -2.14. The van der Waals surface area contributed by atoms with E-state index in [0.717, 1.165) is 11.1 Å². The minimum Gasteiger partial charge on any atom is -0.423 e. The van der Waals surface area contributed by atoms with Gasteiger partial charge < -0.3 is 28.4 Å². The van der Waals surface area contributed by atoms with Gasteiger partial charge in [0, 0.05) is 39.0 Å². The van der Waals surface area contributed by atoms with Crippen LogP contribution in [0.15, 0.2) is 159 Å². The first kappa shape index (κ1) is 50.0. The van der Waals surface area contributed by atoms with Gasteiger partial charge in [-0.15, -0.1) is 0 Å². The van der Waals surface area contributed by atoms with Gasteiger partial charge in [0.15, 0.2) is 23.0 Å². The van der Waals surface area contributed by atoms with Crippen molar-refractivity contribution in [1.82, 2.24) is 0 Å². The van der Waals surface area contributed by atoms with Crippen molar-refractivity contribution in [3.05, 3.63) is 170 Å². The minimum atomic E-state index is -0.666. The predicted molar refractivity (Wildman–Crippen MR) is 247 cm³/mol. The molecule has 4 aromatic carbocycles. The lowest BCUT2D eigenvalue weighted by Crippen LogP contribution is -2.12. The van der Waals surface area contributed by atoms with Crippen LogP contribution in [0.4, 0.5) is 0 Å². The van der Waals surface area contributed by atoms with Crippen molar-refractivity contribution in [1.29, 1.82) is 0 Å². The normalized spacial score (nSPS) is 9.97. The Balaban J connectivity index is 0.000000340. The number of hydrogen-bond donors (Lipinski definition) is 0. The van der Waals surface area contributed by atoms with Gasteiger partial charge in [0.1, 0.15) is 11.5 Å². The molecule has 64 heavy (non-hydrogen) atoms. The summed E-state index contributed by atoms with van der Waals surface area (Å²) in [6, 6.07) is 19.7. The summed E-state index contributed by atoms with van der Waals surface area (Å²) < 4.78 is 31.9. The van der Waals surface area contributed by atoms with Crippen LogP contribution in [-0.2, 0) is 28.8 Å². The molecule has 4 rings (SSSR count). The lowest BCUT2D eigenvalue weighted by atomic mass is 9.99. The van der Waals surface area contributed by atoms with Gasteiger partial charge in [-0.05, 0) is 118 Å². The van der Waals surface area contributed by atoms with Crippen molar-refractivity contribution in [2.45, 2.75) is 41.5 Å². The van der Waals surface area contributed by atoms with Crippen LogP contribution in [0.2, 0.25) is 0 Å². The third kappa shape index (κ3) is 13.8. The largest absolute Gasteiger partial charge is 0.423 e. The summed E-state index contributed by atoms with van der Waals surface area (Å²) in [4.78, 5) is 71.8.